The number of carbonyl (C=O) groups excluding carboxylic acids is 1. The molecule has 4 rings (SSSR count). The maximum absolute atomic E-state index is 13.3. The van der Waals surface area contributed by atoms with Gasteiger partial charge in [-0.2, -0.15) is 0 Å². The van der Waals surface area contributed by atoms with Crippen LogP contribution in [0.25, 0.3) is 10.9 Å². The summed E-state index contributed by atoms with van der Waals surface area (Å²) < 4.78 is 27.7. The summed E-state index contributed by atoms with van der Waals surface area (Å²) in [5, 5.41) is 6.25. The number of pyridine rings is 2. The molecule has 0 aliphatic heterocycles. The van der Waals surface area contributed by atoms with Crippen LogP contribution in [-0.4, -0.2) is 41.6 Å². The molecule has 0 aliphatic rings. The molecule has 2 aromatic carbocycles. The molecule has 11 heteroatoms. The molecule has 1 unspecified atom stereocenters. The molecule has 0 aliphatic carbocycles. The molecular weight excluding hydrogens is 540 g/mol. The minimum absolute atomic E-state index is 0.0235. The van der Waals surface area contributed by atoms with Crippen LogP contribution in [0.5, 0.6) is 0 Å². The maximum Gasteiger partial charge on any atom is 0.270 e. The molecular formula is C30H30N6O4S. The molecule has 210 valence electrons. The van der Waals surface area contributed by atoms with Gasteiger partial charge in [0.25, 0.3) is 5.91 Å². The van der Waals surface area contributed by atoms with Gasteiger partial charge < -0.3 is 11.1 Å². The van der Waals surface area contributed by atoms with Crippen LogP contribution in [0.4, 0.5) is 11.4 Å². The summed E-state index contributed by atoms with van der Waals surface area (Å²) in [6.07, 6.45) is 2.06. The van der Waals surface area contributed by atoms with Gasteiger partial charge in [0, 0.05) is 29.7 Å². The first-order chi connectivity index (χ1) is 19.5. The Kier molecular flexibility index (Phi) is 8.76. The Morgan fingerprint density at radius 2 is 1.80 bits per heavy atom. The number of nitroso groups, excluding NO2 is 1. The Hall–Kier alpha value is -4.66. The van der Waals surface area contributed by atoms with Crippen LogP contribution >= 0.6 is 0 Å². The normalized spacial score (nSPS) is 12.2. The zero-order chi connectivity index (χ0) is 29.6. The van der Waals surface area contributed by atoms with Gasteiger partial charge in [-0.25, -0.2) is 18.4 Å². The van der Waals surface area contributed by atoms with Crippen LogP contribution in [-0.2, 0) is 16.4 Å². The number of amides is 1. The third kappa shape index (κ3) is 7.30. The fourth-order valence-electron chi connectivity index (χ4n) is 3.81. The SMILES string of the molecule is CC(C)(C)S(=O)(=O)Nc1cc(C(=O)NC(CN)Cc2ccc(N=O)cc2)nc2ccc(C#Cc3ccccn3)cc12. The van der Waals surface area contributed by atoms with E-state index in [-0.39, 0.29) is 17.9 Å². The number of anilines is 1. The highest BCUT2D eigenvalue weighted by atomic mass is 32.2. The molecule has 4 aromatic rings. The number of nitrogens with zero attached hydrogens (tertiary/aromatic N) is 3. The Labute approximate surface area is 238 Å². The van der Waals surface area contributed by atoms with Gasteiger partial charge in [0.15, 0.2) is 0 Å². The third-order valence-electron chi connectivity index (χ3n) is 6.24. The lowest BCUT2D eigenvalue weighted by atomic mass is 10.0. The number of rotatable bonds is 8. The summed E-state index contributed by atoms with van der Waals surface area (Å²) in [6.45, 7) is 4.90. The lowest BCUT2D eigenvalue weighted by molar-refractivity contribution is 0.0933. The monoisotopic (exact) mass is 570 g/mol. The van der Waals surface area contributed by atoms with Crippen molar-refractivity contribution in [3.63, 3.8) is 0 Å². The van der Waals surface area contributed by atoms with E-state index in [0.29, 0.717) is 34.3 Å². The van der Waals surface area contributed by atoms with E-state index in [4.69, 9.17) is 5.73 Å². The maximum atomic E-state index is 13.3. The van der Waals surface area contributed by atoms with Crippen molar-refractivity contribution in [3.05, 3.63) is 100 Å². The van der Waals surface area contributed by atoms with E-state index < -0.39 is 26.7 Å². The first kappa shape index (κ1) is 29.3. The van der Waals surface area contributed by atoms with Gasteiger partial charge in [-0.05, 0) is 92.4 Å². The molecule has 0 fully saturated rings. The molecule has 1 amide bonds. The highest BCUT2D eigenvalue weighted by molar-refractivity contribution is 7.94. The molecule has 10 nitrogen and oxygen atoms in total. The standard InChI is InChI=1S/C30H30N6O4S/c1-30(2,3)41(39,40)36-27-18-28(29(37)33-24(19-31)16-20-8-12-23(35-38)13-9-20)34-26-14-10-21(17-25(26)27)7-11-22-6-4-5-15-32-22/h4-6,8-10,12-15,17-18,24H,16,19,31H2,1-3H3,(H,33,37)(H,34,36). The van der Waals surface area contributed by atoms with Crippen molar-refractivity contribution >= 4 is 38.2 Å². The molecule has 0 saturated heterocycles. The Morgan fingerprint density at radius 3 is 2.44 bits per heavy atom. The van der Waals surface area contributed by atoms with Gasteiger partial charge in [-0.1, -0.05) is 24.1 Å². The molecule has 2 aromatic heterocycles. The second kappa shape index (κ2) is 12.2. The average molecular weight is 571 g/mol. The molecule has 4 N–H and O–H groups in total. The number of sulfonamides is 1. The quantitative estimate of drug-likeness (QED) is 0.211. The van der Waals surface area contributed by atoms with Crippen molar-refractivity contribution < 1.29 is 13.2 Å². The van der Waals surface area contributed by atoms with E-state index in [9.17, 15) is 18.1 Å². The van der Waals surface area contributed by atoms with Crippen molar-refractivity contribution in [3.8, 4) is 11.8 Å². The molecule has 2 heterocycles. The van der Waals surface area contributed by atoms with E-state index in [1.165, 1.54) is 6.07 Å². The summed E-state index contributed by atoms with van der Waals surface area (Å²) in [5.41, 5.74) is 8.95. The van der Waals surface area contributed by atoms with Crippen molar-refractivity contribution in [2.45, 2.75) is 38.0 Å². The van der Waals surface area contributed by atoms with E-state index in [2.05, 4.69) is 37.0 Å². The van der Waals surface area contributed by atoms with Crippen molar-refractivity contribution in [1.29, 1.82) is 0 Å². The van der Waals surface area contributed by atoms with Crippen molar-refractivity contribution in [2.24, 2.45) is 10.9 Å². The number of carbonyl (C=O) groups is 1. The highest BCUT2D eigenvalue weighted by Crippen LogP contribution is 2.28. The fraction of sp³-hybridized carbons (Fsp3) is 0.233. The van der Waals surface area contributed by atoms with Gasteiger partial charge in [0.05, 0.1) is 16.0 Å². The first-order valence-electron chi connectivity index (χ1n) is 12.8. The summed E-state index contributed by atoms with van der Waals surface area (Å²) >= 11 is 0. The number of hydrogen-bond donors (Lipinski definition) is 3. The number of benzene rings is 2. The third-order valence-corrected chi connectivity index (χ3v) is 8.34. The lowest BCUT2D eigenvalue weighted by Gasteiger charge is -2.22. The van der Waals surface area contributed by atoms with Crippen LogP contribution in [0.2, 0.25) is 0 Å². The van der Waals surface area contributed by atoms with Crippen molar-refractivity contribution in [2.75, 3.05) is 11.3 Å². The smallest absolute Gasteiger partial charge is 0.270 e. The summed E-state index contributed by atoms with van der Waals surface area (Å²) in [4.78, 5) is 32.7. The zero-order valence-electron chi connectivity index (χ0n) is 22.9. The van der Waals surface area contributed by atoms with Gasteiger partial charge in [0.2, 0.25) is 10.0 Å². The van der Waals surface area contributed by atoms with Crippen molar-refractivity contribution in [1.82, 2.24) is 15.3 Å². The second-order valence-corrected chi connectivity index (χ2v) is 12.8. The summed E-state index contributed by atoms with van der Waals surface area (Å²) in [5.74, 6) is 5.52. The Bertz CT molecular complexity index is 1740. The molecule has 0 bridgehead atoms. The zero-order valence-corrected chi connectivity index (χ0v) is 23.7. The van der Waals surface area contributed by atoms with Crippen LogP contribution < -0.4 is 15.8 Å². The average Bonchev–Trinajstić information content (AvgIpc) is 2.95. The van der Waals surface area contributed by atoms with Gasteiger partial charge in [-0.3, -0.25) is 9.52 Å². The fourth-order valence-corrected chi connectivity index (χ4v) is 4.57. The van der Waals surface area contributed by atoms with Crippen LogP contribution in [0.15, 0.2) is 78.1 Å². The Balaban J connectivity index is 1.69. The van der Waals surface area contributed by atoms with E-state index in [1.807, 2.05) is 6.07 Å². The minimum Gasteiger partial charge on any atom is -0.346 e. The number of nitrogens with one attached hydrogen (secondary N) is 2. The molecule has 1 atom stereocenters. The lowest BCUT2D eigenvalue weighted by Crippen LogP contribution is -2.42. The number of aromatic nitrogens is 2. The van der Waals surface area contributed by atoms with Crippen LogP contribution in [0, 0.1) is 16.7 Å². The van der Waals surface area contributed by atoms with E-state index >= 15 is 0 Å². The van der Waals surface area contributed by atoms with Gasteiger partial charge in [-0.15, -0.1) is 4.91 Å². The molecule has 0 saturated carbocycles. The number of nitrogens with two attached hydrogens (primary N) is 1. The van der Waals surface area contributed by atoms with Crippen LogP contribution in [0.3, 0.4) is 0 Å². The first-order valence-corrected chi connectivity index (χ1v) is 14.3. The minimum atomic E-state index is -3.83. The summed E-state index contributed by atoms with van der Waals surface area (Å²) in [6, 6.07) is 18.2. The van der Waals surface area contributed by atoms with Gasteiger partial charge in [0.1, 0.15) is 17.1 Å². The van der Waals surface area contributed by atoms with Crippen LogP contribution in [0.1, 0.15) is 48.1 Å². The second-order valence-electron chi connectivity index (χ2n) is 10.3. The number of hydrogen-bond acceptors (Lipinski definition) is 8. The predicted molar refractivity (Wildman–Crippen MR) is 160 cm³/mol. The van der Waals surface area contributed by atoms with E-state index in [0.717, 1.165) is 5.56 Å². The topological polar surface area (TPSA) is 156 Å². The Morgan fingerprint density at radius 1 is 1.05 bits per heavy atom. The van der Waals surface area contributed by atoms with E-state index in [1.54, 1.807) is 81.6 Å². The number of fused-ring (bicyclic) bond motifs is 1. The summed E-state index contributed by atoms with van der Waals surface area (Å²) in [7, 11) is -3.83. The highest BCUT2D eigenvalue weighted by Gasteiger charge is 2.30. The molecule has 0 spiro atoms. The van der Waals surface area contributed by atoms with Gasteiger partial charge >= 0.3 is 0 Å². The predicted octanol–water partition coefficient (Wildman–Crippen LogP) is 4.27. The largest absolute Gasteiger partial charge is 0.346 e. The molecule has 41 heavy (non-hydrogen) atoms. The molecule has 0 radical (unpaired) electrons.